The van der Waals surface area contributed by atoms with Gasteiger partial charge in [0.15, 0.2) is 6.10 Å². The molecule has 3 aromatic carbocycles. The molecule has 0 unspecified atom stereocenters. The van der Waals surface area contributed by atoms with E-state index in [9.17, 15) is 9.90 Å². The summed E-state index contributed by atoms with van der Waals surface area (Å²) in [5.41, 5.74) is 9.64. The fourth-order valence-corrected chi connectivity index (χ4v) is 4.31. The molecule has 0 fully saturated rings. The molecule has 0 saturated carbocycles. The van der Waals surface area contributed by atoms with E-state index in [4.69, 9.17) is 15.2 Å². The zero-order chi connectivity index (χ0) is 28.8. The molecule has 0 aliphatic rings. The third-order valence-corrected chi connectivity index (χ3v) is 6.30. The second-order valence-electron chi connectivity index (χ2n) is 9.43. The predicted molar refractivity (Wildman–Crippen MR) is 150 cm³/mol. The molecule has 0 spiro atoms. The number of aliphatic carboxylic acids is 1. The maximum absolute atomic E-state index is 15.9. The van der Waals surface area contributed by atoms with E-state index in [1.54, 1.807) is 19.1 Å². The van der Waals surface area contributed by atoms with Crippen LogP contribution in [-0.4, -0.2) is 29.2 Å². The minimum absolute atomic E-state index is 0.0440. The zero-order valence-electron chi connectivity index (χ0n) is 22.5. The number of ether oxygens (including phenoxy) is 2. The molecule has 208 valence electrons. The van der Waals surface area contributed by atoms with Crippen molar-refractivity contribution in [1.29, 1.82) is 0 Å². The highest BCUT2D eigenvalue weighted by Gasteiger charge is 2.29. The monoisotopic (exact) mass is 547 g/mol. The number of carboxylic acid groups (broad SMARTS) is 1. The summed E-state index contributed by atoms with van der Waals surface area (Å²) in [6.07, 6.45) is -1.34. The average molecular weight is 548 g/mol. The molecule has 0 saturated heterocycles. The van der Waals surface area contributed by atoms with E-state index in [1.165, 1.54) is 11.9 Å². The van der Waals surface area contributed by atoms with Crippen LogP contribution in [0, 0.1) is 18.6 Å². The van der Waals surface area contributed by atoms with Gasteiger partial charge in [0.1, 0.15) is 11.4 Å². The normalized spacial score (nSPS) is 11.7. The van der Waals surface area contributed by atoms with Gasteiger partial charge in [-0.1, -0.05) is 61.5 Å². The van der Waals surface area contributed by atoms with E-state index in [-0.39, 0.29) is 18.7 Å². The fourth-order valence-electron chi connectivity index (χ4n) is 4.31. The van der Waals surface area contributed by atoms with Crippen LogP contribution in [-0.2, 0) is 17.9 Å². The largest absolute Gasteiger partial charge is 0.479 e. The van der Waals surface area contributed by atoms with E-state index in [0.717, 1.165) is 27.8 Å². The first-order valence-corrected chi connectivity index (χ1v) is 12.8. The van der Waals surface area contributed by atoms with Crippen molar-refractivity contribution in [2.24, 2.45) is 5.73 Å². The number of hydrogen-bond donors (Lipinski definition) is 2. The Morgan fingerprint density at radius 3 is 2.35 bits per heavy atom. The maximum Gasteiger partial charge on any atom is 0.344 e. The number of halogens is 2. The molecule has 4 aromatic rings. The topological polar surface area (TPSA) is 97.9 Å². The summed E-state index contributed by atoms with van der Waals surface area (Å²) in [5.74, 6) is -4.40. The van der Waals surface area contributed by atoms with Gasteiger partial charge in [0.25, 0.3) is 11.8 Å². The van der Waals surface area contributed by atoms with Crippen LogP contribution in [0.1, 0.15) is 30.0 Å². The van der Waals surface area contributed by atoms with Crippen molar-refractivity contribution in [3.63, 3.8) is 0 Å². The maximum atomic E-state index is 15.9. The smallest absolute Gasteiger partial charge is 0.344 e. The number of nitrogens with zero attached hydrogens (tertiary/aromatic N) is 2. The molecule has 0 bridgehead atoms. The van der Waals surface area contributed by atoms with Gasteiger partial charge in [0, 0.05) is 20.1 Å². The summed E-state index contributed by atoms with van der Waals surface area (Å²) in [6, 6.07) is 22.2. The number of benzene rings is 3. The highest BCUT2D eigenvalue weighted by atomic mass is 19.1. The second kappa shape index (κ2) is 12.6. The Balaban J connectivity index is 1.78. The Morgan fingerprint density at radius 1 is 0.975 bits per heavy atom. The number of aryl methyl sites for hydroxylation is 1. The molecule has 0 aliphatic heterocycles. The van der Waals surface area contributed by atoms with E-state index in [0.29, 0.717) is 6.54 Å². The fraction of sp³-hybridized carbons (Fsp3) is 0.226. The Morgan fingerprint density at radius 2 is 1.68 bits per heavy atom. The first kappa shape index (κ1) is 28.5. The van der Waals surface area contributed by atoms with Gasteiger partial charge in [-0.05, 0) is 59.4 Å². The van der Waals surface area contributed by atoms with E-state index >= 15 is 8.78 Å². The Kier molecular flexibility index (Phi) is 8.96. The number of anilines is 1. The Labute approximate surface area is 231 Å². The molecule has 3 N–H and O–H groups in total. The lowest BCUT2D eigenvalue weighted by Crippen LogP contribution is -2.28. The lowest BCUT2D eigenvalue weighted by Gasteiger charge is -2.23. The van der Waals surface area contributed by atoms with Crippen molar-refractivity contribution in [2.45, 2.75) is 39.5 Å². The summed E-state index contributed by atoms with van der Waals surface area (Å²) in [6.45, 7) is 3.99. The zero-order valence-corrected chi connectivity index (χ0v) is 22.5. The summed E-state index contributed by atoms with van der Waals surface area (Å²) in [5, 5.41) is 9.47. The standard InChI is InChI=1S/C31H31F2N3O4/c1-4-25(31(37)38)40-30-27(33)28(36(3)18-20-9-6-5-7-10-20)26(32)29(35-30)39-24-14-19(2)13-23(16-24)22-12-8-11-21(15-22)17-34/h5-16,25H,4,17-18,34H2,1-3H3,(H,37,38)/t25-/m1/s1. The van der Waals surface area contributed by atoms with Crippen LogP contribution >= 0.6 is 0 Å². The SMILES string of the molecule is CC[C@@H](Oc1nc(Oc2cc(C)cc(-c3cccc(CN)c3)c2)c(F)c(N(C)Cc2ccccc2)c1F)C(=O)O. The van der Waals surface area contributed by atoms with Crippen molar-refractivity contribution in [2.75, 3.05) is 11.9 Å². The lowest BCUT2D eigenvalue weighted by atomic mass is 10.0. The molecular formula is C31H31F2N3O4. The van der Waals surface area contributed by atoms with Gasteiger partial charge >= 0.3 is 5.97 Å². The van der Waals surface area contributed by atoms with Gasteiger partial charge in [-0.2, -0.15) is 13.8 Å². The van der Waals surface area contributed by atoms with Crippen molar-refractivity contribution in [3.8, 4) is 28.6 Å². The number of rotatable bonds is 11. The van der Waals surface area contributed by atoms with Crippen LogP contribution in [0.25, 0.3) is 11.1 Å². The predicted octanol–water partition coefficient (Wildman–Crippen LogP) is 6.46. The second-order valence-corrected chi connectivity index (χ2v) is 9.43. The van der Waals surface area contributed by atoms with Crippen LogP contribution in [0.3, 0.4) is 0 Å². The molecule has 7 nitrogen and oxygen atoms in total. The molecule has 0 aliphatic carbocycles. The highest BCUT2D eigenvalue weighted by molar-refractivity contribution is 5.72. The van der Waals surface area contributed by atoms with E-state index < -0.39 is 41.2 Å². The highest BCUT2D eigenvalue weighted by Crippen LogP contribution is 2.38. The van der Waals surface area contributed by atoms with E-state index in [1.807, 2.05) is 67.6 Å². The van der Waals surface area contributed by atoms with Gasteiger partial charge in [0.2, 0.25) is 11.6 Å². The first-order chi connectivity index (χ1) is 19.2. The summed E-state index contributed by atoms with van der Waals surface area (Å²) in [4.78, 5) is 16.9. The lowest BCUT2D eigenvalue weighted by molar-refractivity contribution is -0.145. The van der Waals surface area contributed by atoms with Gasteiger partial charge in [-0.15, -0.1) is 0 Å². The average Bonchev–Trinajstić information content (AvgIpc) is 2.94. The summed E-state index contributed by atoms with van der Waals surface area (Å²) < 4.78 is 42.8. The van der Waals surface area contributed by atoms with Crippen LogP contribution in [0.5, 0.6) is 17.5 Å². The molecule has 9 heteroatoms. The number of nitrogens with two attached hydrogens (primary N) is 1. The molecule has 1 atom stereocenters. The molecule has 0 radical (unpaired) electrons. The summed E-state index contributed by atoms with van der Waals surface area (Å²) >= 11 is 0. The molecule has 1 aromatic heterocycles. The third kappa shape index (κ3) is 6.55. The van der Waals surface area contributed by atoms with Crippen LogP contribution in [0.15, 0.2) is 72.8 Å². The molecular weight excluding hydrogens is 516 g/mol. The van der Waals surface area contributed by atoms with Crippen LogP contribution in [0.2, 0.25) is 0 Å². The van der Waals surface area contributed by atoms with Gasteiger partial charge in [-0.25, -0.2) is 4.79 Å². The molecule has 40 heavy (non-hydrogen) atoms. The van der Waals surface area contributed by atoms with Gasteiger partial charge in [-0.3, -0.25) is 0 Å². The number of aromatic nitrogens is 1. The molecule has 0 amide bonds. The number of carboxylic acids is 1. The Bertz CT molecular complexity index is 1500. The van der Waals surface area contributed by atoms with Crippen molar-refractivity contribution < 1.29 is 28.2 Å². The quantitative estimate of drug-likeness (QED) is 0.222. The van der Waals surface area contributed by atoms with Crippen molar-refractivity contribution >= 4 is 11.7 Å². The Hall–Kier alpha value is -4.50. The third-order valence-electron chi connectivity index (χ3n) is 6.30. The molecule has 1 heterocycles. The van der Waals surface area contributed by atoms with Gasteiger partial charge in [0.05, 0.1) is 0 Å². The van der Waals surface area contributed by atoms with Crippen LogP contribution in [0.4, 0.5) is 14.5 Å². The number of pyridine rings is 1. The van der Waals surface area contributed by atoms with Crippen molar-refractivity contribution in [1.82, 2.24) is 4.98 Å². The van der Waals surface area contributed by atoms with Gasteiger partial charge < -0.3 is 25.2 Å². The van der Waals surface area contributed by atoms with E-state index in [2.05, 4.69) is 4.98 Å². The van der Waals surface area contributed by atoms with Crippen molar-refractivity contribution in [3.05, 3.63) is 101 Å². The van der Waals surface area contributed by atoms with Crippen LogP contribution < -0.4 is 20.1 Å². The first-order valence-electron chi connectivity index (χ1n) is 12.8. The number of carbonyl (C=O) groups is 1. The number of hydrogen-bond acceptors (Lipinski definition) is 6. The summed E-state index contributed by atoms with van der Waals surface area (Å²) in [7, 11) is 1.52. The molecule has 4 rings (SSSR count). The minimum Gasteiger partial charge on any atom is -0.479 e. The minimum atomic E-state index is -1.38.